The first-order valence-corrected chi connectivity index (χ1v) is 12.6. The van der Waals surface area contributed by atoms with Gasteiger partial charge in [0.25, 0.3) is 0 Å². The summed E-state index contributed by atoms with van der Waals surface area (Å²) in [5, 5.41) is 7.01. The number of hydrogen-bond acceptors (Lipinski definition) is 10. The first-order chi connectivity index (χ1) is 17.6. The second-order valence-corrected chi connectivity index (χ2v) is 9.91. The summed E-state index contributed by atoms with van der Waals surface area (Å²) < 4.78 is 76.2. The fraction of sp³-hybridized carbons (Fsp3) is 0.429. The van der Waals surface area contributed by atoms with Crippen LogP contribution in [0.5, 0.6) is 11.5 Å². The van der Waals surface area contributed by atoms with Crippen LogP contribution in [0.4, 0.5) is 14.7 Å². The molecule has 202 valence electrons. The van der Waals surface area contributed by atoms with E-state index in [1.54, 1.807) is 18.2 Å². The number of aromatic nitrogens is 5. The summed E-state index contributed by atoms with van der Waals surface area (Å²) in [6.45, 7) is -2.00. The first-order valence-electron chi connectivity index (χ1n) is 10.7. The zero-order valence-corrected chi connectivity index (χ0v) is 21.8. The third-order valence-corrected chi connectivity index (χ3v) is 7.11. The number of sulfonamides is 1. The van der Waals surface area contributed by atoms with Crippen molar-refractivity contribution >= 4 is 27.6 Å². The average molecular weight is 563 g/mol. The van der Waals surface area contributed by atoms with Crippen LogP contribution in [0.1, 0.15) is 24.7 Å². The number of para-hydroxylation sites is 1. The molecule has 1 N–H and O–H groups in total. The Balaban J connectivity index is 2.04. The van der Waals surface area contributed by atoms with Gasteiger partial charge in [-0.25, -0.2) is 18.4 Å². The van der Waals surface area contributed by atoms with Gasteiger partial charge in [0.2, 0.25) is 16.0 Å². The molecule has 0 saturated carbocycles. The van der Waals surface area contributed by atoms with Crippen molar-refractivity contribution in [2.24, 2.45) is 0 Å². The highest BCUT2D eigenvalue weighted by atomic mass is 35.5. The van der Waals surface area contributed by atoms with E-state index >= 15 is 0 Å². The summed E-state index contributed by atoms with van der Waals surface area (Å²) in [4.78, 5) is 8.10. The number of halogens is 3. The van der Waals surface area contributed by atoms with Crippen molar-refractivity contribution in [3.63, 3.8) is 0 Å². The minimum atomic E-state index is -4.22. The molecule has 2 aromatic heterocycles. The van der Waals surface area contributed by atoms with Crippen molar-refractivity contribution in [3.8, 4) is 17.2 Å². The second-order valence-electron chi connectivity index (χ2n) is 7.44. The number of alkyl halides is 2. The Morgan fingerprint density at radius 3 is 2.24 bits per heavy atom. The molecule has 0 aliphatic rings. The molecule has 0 aliphatic heterocycles. The van der Waals surface area contributed by atoms with Gasteiger partial charge in [0.05, 0.1) is 25.8 Å². The fourth-order valence-electron chi connectivity index (χ4n) is 3.43. The lowest BCUT2D eigenvalue weighted by atomic mass is 10.2. The molecule has 16 heteroatoms. The molecule has 3 rings (SSSR count). The van der Waals surface area contributed by atoms with E-state index in [0.717, 1.165) is 0 Å². The zero-order valence-electron chi connectivity index (χ0n) is 20.3. The van der Waals surface area contributed by atoms with Gasteiger partial charge >= 0.3 is 6.61 Å². The fourth-order valence-corrected chi connectivity index (χ4v) is 4.66. The lowest BCUT2D eigenvalue weighted by Crippen LogP contribution is -2.33. The van der Waals surface area contributed by atoms with Gasteiger partial charge in [-0.1, -0.05) is 17.7 Å². The number of anilines is 1. The van der Waals surface area contributed by atoms with Crippen molar-refractivity contribution in [2.45, 2.75) is 31.3 Å². The molecule has 2 atom stereocenters. The van der Waals surface area contributed by atoms with Gasteiger partial charge in [0.1, 0.15) is 34.4 Å². The van der Waals surface area contributed by atoms with Crippen LogP contribution in [0, 0.1) is 0 Å². The highest BCUT2D eigenvalue weighted by Gasteiger charge is 2.35. The molecule has 0 aliphatic carbocycles. The number of nitrogens with zero attached hydrogens (tertiary/aromatic N) is 5. The average Bonchev–Trinajstić information content (AvgIpc) is 3.25. The third kappa shape index (κ3) is 6.60. The molecule has 2 unspecified atom stereocenters. The van der Waals surface area contributed by atoms with E-state index in [0.29, 0.717) is 0 Å². The van der Waals surface area contributed by atoms with Gasteiger partial charge in [-0.15, -0.1) is 10.2 Å². The van der Waals surface area contributed by atoms with Gasteiger partial charge in [0, 0.05) is 25.9 Å². The van der Waals surface area contributed by atoms with Crippen LogP contribution in [0.2, 0.25) is 5.02 Å². The van der Waals surface area contributed by atoms with Crippen LogP contribution in [0.3, 0.4) is 0 Å². The molecule has 1 aromatic carbocycles. The van der Waals surface area contributed by atoms with Crippen LogP contribution in [0.25, 0.3) is 5.69 Å². The van der Waals surface area contributed by atoms with Crippen LogP contribution >= 0.6 is 11.6 Å². The smallest absolute Gasteiger partial charge is 0.345 e. The zero-order chi connectivity index (χ0) is 27.2. The molecule has 12 nitrogen and oxygen atoms in total. The van der Waals surface area contributed by atoms with Crippen LogP contribution in [0.15, 0.2) is 30.6 Å². The van der Waals surface area contributed by atoms with E-state index in [4.69, 9.17) is 25.8 Å². The Hall–Kier alpha value is -3.14. The lowest BCUT2D eigenvalue weighted by molar-refractivity contribution is -0.128. The molecule has 3 aromatic rings. The van der Waals surface area contributed by atoms with Crippen LogP contribution in [-0.4, -0.2) is 72.9 Å². The molecule has 2 heterocycles. The number of ether oxygens (including phenoxy) is 4. The first kappa shape index (κ1) is 28.4. The van der Waals surface area contributed by atoms with Crippen molar-refractivity contribution in [1.82, 2.24) is 24.7 Å². The quantitative estimate of drug-likeness (QED) is 0.330. The predicted molar refractivity (Wildman–Crippen MR) is 129 cm³/mol. The molecule has 0 radical (unpaired) electrons. The summed E-state index contributed by atoms with van der Waals surface area (Å²) >= 11 is 5.83. The lowest BCUT2D eigenvalue weighted by Gasteiger charge is -2.22. The predicted octanol–water partition coefficient (Wildman–Crippen LogP) is 3.03. The minimum absolute atomic E-state index is 0.0995. The highest BCUT2D eigenvalue weighted by Crippen LogP contribution is 2.36. The highest BCUT2D eigenvalue weighted by molar-refractivity contribution is 7.93. The molecular weight excluding hydrogens is 538 g/mol. The van der Waals surface area contributed by atoms with Crippen molar-refractivity contribution < 1.29 is 36.1 Å². The van der Waals surface area contributed by atoms with Crippen molar-refractivity contribution in [2.75, 3.05) is 32.7 Å². The monoisotopic (exact) mass is 562 g/mol. The van der Waals surface area contributed by atoms with Crippen molar-refractivity contribution in [1.29, 1.82) is 0 Å². The summed E-state index contributed by atoms with van der Waals surface area (Å²) in [6.07, 6.45) is 1.45. The van der Waals surface area contributed by atoms with E-state index in [1.807, 2.05) is 0 Å². The molecule has 0 amide bonds. The van der Waals surface area contributed by atoms with Crippen LogP contribution < -0.4 is 14.2 Å². The Morgan fingerprint density at radius 2 is 1.70 bits per heavy atom. The normalized spacial score (nSPS) is 13.4. The Bertz CT molecular complexity index is 1270. The maximum atomic E-state index is 13.4. The Kier molecular flexibility index (Phi) is 9.53. The number of nitrogens with one attached hydrogen (secondary N) is 1. The molecule has 0 saturated heterocycles. The number of methoxy groups -OCH3 is 3. The summed E-state index contributed by atoms with van der Waals surface area (Å²) in [5.74, 6) is 0.537. The second kappa shape index (κ2) is 12.4. The SMILES string of the molecule is COc1cccc(OC)c1-n1c(CCOC(F)F)nnc1NS(=O)(=O)C(C)C(OC)c1ncc(Cl)cn1. The molecule has 0 fully saturated rings. The minimum Gasteiger partial charge on any atom is -0.494 e. The van der Waals surface area contributed by atoms with E-state index < -0.39 is 34.6 Å². The molecule has 0 spiro atoms. The maximum absolute atomic E-state index is 13.4. The van der Waals surface area contributed by atoms with Gasteiger partial charge in [-0.05, 0) is 19.1 Å². The van der Waals surface area contributed by atoms with E-state index in [9.17, 15) is 17.2 Å². The molecule has 0 bridgehead atoms. The Labute approximate surface area is 216 Å². The number of benzene rings is 1. The summed E-state index contributed by atoms with van der Waals surface area (Å²) in [7, 11) is -0.0876. The van der Waals surface area contributed by atoms with Gasteiger partial charge in [0.15, 0.2) is 5.82 Å². The van der Waals surface area contributed by atoms with Gasteiger partial charge in [-0.3, -0.25) is 9.29 Å². The third-order valence-electron chi connectivity index (χ3n) is 5.22. The topological polar surface area (TPSA) is 140 Å². The summed E-state index contributed by atoms with van der Waals surface area (Å²) in [6, 6.07) is 4.88. The van der Waals surface area contributed by atoms with Crippen LogP contribution in [-0.2, 0) is 25.9 Å². The standard InChI is InChI=1S/C21H25ClF2N6O6S/c1-12(18(35-4)19-25-10-13(22)11-26-19)37(31,32)29-21-28-27-16(8-9-36-20(23)24)30(21)17-14(33-2)6-5-7-15(17)34-3/h5-7,10-12,18,20H,8-9H2,1-4H3,(H,28,29). The molecular formula is C21H25ClF2N6O6S. The maximum Gasteiger partial charge on any atom is 0.345 e. The van der Waals surface area contributed by atoms with E-state index in [1.165, 1.54) is 45.2 Å². The molecule has 37 heavy (non-hydrogen) atoms. The van der Waals surface area contributed by atoms with E-state index in [-0.39, 0.29) is 46.2 Å². The largest absolute Gasteiger partial charge is 0.494 e. The Morgan fingerprint density at radius 1 is 1.08 bits per heavy atom. The van der Waals surface area contributed by atoms with Crippen molar-refractivity contribution in [3.05, 3.63) is 47.3 Å². The number of rotatable bonds is 13. The van der Waals surface area contributed by atoms with E-state index in [2.05, 4.69) is 29.6 Å². The number of hydrogen-bond donors (Lipinski definition) is 1. The van der Waals surface area contributed by atoms with Gasteiger partial charge < -0.3 is 18.9 Å². The van der Waals surface area contributed by atoms with Gasteiger partial charge in [-0.2, -0.15) is 8.78 Å². The summed E-state index contributed by atoms with van der Waals surface area (Å²) in [5.41, 5.74) is 0.249.